The molecule has 6 heteroatoms. The van der Waals surface area contributed by atoms with E-state index in [1.165, 1.54) is 24.3 Å². The summed E-state index contributed by atoms with van der Waals surface area (Å²) in [4.78, 5) is 0.117. The lowest BCUT2D eigenvalue weighted by molar-refractivity contribution is 0.581. The predicted molar refractivity (Wildman–Crippen MR) is 81.4 cm³/mol. The standard InChI is InChI=1S/C15H13ClN2O2S/c1-11-3-2-4-15(16)14(11)10-18-21(19,20)13-7-5-12(9-17)6-8-13/h2-8,18H,10H2,1H3. The number of hydrogen-bond acceptors (Lipinski definition) is 3. The van der Waals surface area contributed by atoms with Gasteiger partial charge >= 0.3 is 0 Å². The van der Waals surface area contributed by atoms with Crippen LogP contribution >= 0.6 is 11.6 Å². The van der Waals surface area contributed by atoms with Gasteiger partial charge in [0.1, 0.15) is 0 Å². The van der Waals surface area contributed by atoms with Crippen molar-refractivity contribution in [2.24, 2.45) is 0 Å². The summed E-state index contributed by atoms with van der Waals surface area (Å²) in [5, 5.41) is 9.24. The van der Waals surface area contributed by atoms with E-state index >= 15 is 0 Å². The summed E-state index contributed by atoms with van der Waals surface area (Å²) < 4.78 is 26.9. The van der Waals surface area contributed by atoms with Crippen LogP contribution in [-0.2, 0) is 16.6 Å². The van der Waals surface area contributed by atoms with Crippen LogP contribution in [0, 0.1) is 18.3 Å². The van der Waals surface area contributed by atoms with Gasteiger partial charge in [0.2, 0.25) is 10.0 Å². The Balaban J connectivity index is 2.20. The molecule has 4 nitrogen and oxygen atoms in total. The molecule has 0 saturated heterocycles. The van der Waals surface area contributed by atoms with E-state index in [-0.39, 0.29) is 11.4 Å². The van der Waals surface area contributed by atoms with Crippen LogP contribution < -0.4 is 4.72 Å². The van der Waals surface area contributed by atoms with Crippen molar-refractivity contribution in [2.75, 3.05) is 0 Å². The average Bonchev–Trinajstić information content (AvgIpc) is 2.47. The average molecular weight is 321 g/mol. The molecule has 0 radical (unpaired) electrons. The zero-order valence-corrected chi connectivity index (χ0v) is 12.9. The first-order chi connectivity index (χ1) is 9.94. The van der Waals surface area contributed by atoms with Gasteiger partial charge in [-0.25, -0.2) is 13.1 Å². The number of sulfonamides is 1. The number of hydrogen-bond donors (Lipinski definition) is 1. The number of halogens is 1. The monoisotopic (exact) mass is 320 g/mol. The molecule has 1 N–H and O–H groups in total. The van der Waals surface area contributed by atoms with Crippen molar-refractivity contribution in [2.45, 2.75) is 18.4 Å². The van der Waals surface area contributed by atoms with E-state index in [9.17, 15) is 8.42 Å². The highest BCUT2D eigenvalue weighted by molar-refractivity contribution is 7.89. The van der Waals surface area contributed by atoms with E-state index in [0.717, 1.165) is 11.1 Å². The van der Waals surface area contributed by atoms with Crippen LogP contribution in [0.3, 0.4) is 0 Å². The number of nitriles is 1. The first-order valence-corrected chi connectivity index (χ1v) is 8.04. The molecule has 108 valence electrons. The van der Waals surface area contributed by atoms with E-state index < -0.39 is 10.0 Å². The SMILES string of the molecule is Cc1cccc(Cl)c1CNS(=O)(=O)c1ccc(C#N)cc1. The van der Waals surface area contributed by atoms with Crippen LogP contribution in [0.4, 0.5) is 0 Å². The number of nitrogens with one attached hydrogen (secondary N) is 1. The van der Waals surface area contributed by atoms with Crippen molar-refractivity contribution < 1.29 is 8.42 Å². The number of aryl methyl sites for hydroxylation is 1. The second-order valence-electron chi connectivity index (χ2n) is 4.50. The van der Waals surface area contributed by atoms with E-state index in [1.807, 2.05) is 25.1 Å². The van der Waals surface area contributed by atoms with Crippen LogP contribution in [0.15, 0.2) is 47.4 Å². The summed E-state index contributed by atoms with van der Waals surface area (Å²) in [6.07, 6.45) is 0. The quantitative estimate of drug-likeness (QED) is 0.941. The maximum Gasteiger partial charge on any atom is 0.240 e. The Morgan fingerprint density at radius 2 is 1.86 bits per heavy atom. The number of benzene rings is 2. The Labute approximate surface area is 129 Å². The molecule has 0 aliphatic rings. The summed E-state index contributed by atoms with van der Waals surface area (Å²) in [5.41, 5.74) is 2.08. The highest BCUT2D eigenvalue weighted by Crippen LogP contribution is 2.20. The molecule has 0 saturated carbocycles. The topological polar surface area (TPSA) is 70.0 Å². The van der Waals surface area contributed by atoms with E-state index in [4.69, 9.17) is 16.9 Å². The molecule has 21 heavy (non-hydrogen) atoms. The van der Waals surface area contributed by atoms with Crippen LogP contribution in [0.2, 0.25) is 5.02 Å². The summed E-state index contributed by atoms with van der Waals surface area (Å²) in [7, 11) is -3.64. The van der Waals surface area contributed by atoms with Crippen molar-refractivity contribution in [3.8, 4) is 6.07 Å². The maximum absolute atomic E-state index is 12.2. The minimum absolute atomic E-state index is 0.117. The zero-order valence-electron chi connectivity index (χ0n) is 11.3. The van der Waals surface area contributed by atoms with Crippen LogP contribution in [0.25, 0.3) is 0 Å². The third-order valence-electron chi connectivity index (χ3n) is 3.09. The molecule has 2 rings (SSSR count). The van der Waals surface area contributed by atoms with Crippen molar-refractivity contribution in [3.05, 3.63) is 64.2 Å². The van der Waals surface area contributed by atoms with Crippen molar-refractivity contribution >= 4 is 21.6 Å². The van der Waals surface area contributed by atoms with E-state index in [2.05, 4.69) is 4.72 Å². The highest BCUT2D eigenvalue weighted by Gasteiger charge is 2.15. The van der Waals surface area contributed by atoms with E-state index in [1.54, 1.807) is 6.07 Å². The number of nitrogens with zero attached hydrogens (tertiary/aromatic N) is 1. The first-order valence-electron chi connectivity index (χ1n) is 6.18. The summed E-state index contributed by atoms with van der Waals surface area (Å²) in [6.45, 7) is 1.99. The first kappa shape index (κ1) is 15.5. The van der Waals surface area contributed by atoms with Crippen LogP contribution in [0.5, 0.6) is 0 Å². The predicted octanol–water partition coefficient (Wildman–Crippen LogP) is 3.00. The number of rotatable bonds is 4. The normalized spacial score (nSPS) is 11.1. The van der Waals surface area contributed by atoms with Gasteiger partial charge in [-0.15, -0.1) is 0 Å². The fourth-order valence-corrected chi connectivity index (χ4v) is 3.13. The van der Waals surface area contributed by atoms with Crippen LogP contribution in [-0.4, -0.2) is 8.42 Å². The molecule has 2 aromatic carbocycles. The lowest BCUT2D eigenvalue weighted by Crippen LogP contribution is -2.23. The van der Waals surface area contributed by atoms with Crippen molar-refractivity contribution in [1.82, 2.24) is 4.72 Å². The molecule has 2 aromatic rings. The Kier molecular flexibility index (Phi) is 4.63. The molecule has 0 atom stereocenters. The third kappa shape index (κ3) is 3.61. The van der Waals surface area contributed by atoms with Gasteiger partial charge in [0.25, 0.3) is 0 Å². The Morgan fingerprint density at radius 1 is 1.19 bits per heavy atom. The molecule has 0 spiro atoms. The van der Waals surface area contributed by atoms with Crippen molar-refractivity contribution in [3.63, 3.8) is 0 Å². The van der Waals surface area contributed by atoms with Gasteiger partial charge in [-0.2, -0.15) is 5.26 Å². The lowest BCUT2D eigenvalue weighted by atomic mass is 10.1. The Morgan fingerprint density at radius 3 is 2.43 bits per heavy atom. The molecular formula is C15H13ClN2O2S. The Bertz CT molecular complexity index is 773. The van der Waals surface area contributed by atoms with Gasteiger partial charge in [0.05, 0.1) is 16.5 Å². The summed E-state index contributed by atoms with van der Waals surface area (Å²) >= 11 is 6.07. The highest BCUT2D eigenvalue weighted by atomic mass is 35.5. The van der Waals surface area contributed by atoms with Gasteiger partial charge in [0, 0.05) is 11.6 Å². The van der Waals surface area contributed by atoms with Gasteiger partial charge in [-0.05, 0) is 48.4 Å². The summed E-state index contributed by atoms with van der Waals surface area (Å²) in [5.74, 6) is 0. The third-order valence-corrected chi connectivity index (χ3v) is 4.86. The molecular weight excluding hydrogens is 308 g/mol. The molecule has 0 aliphatic carbocycles. The van der Waals surface area contributed by atoms with Gasteiger partial charge in [-0.1, -0.05) is 23.7 Å². The van der Waals surface area contributed by atoms with Gasteiger partial charge in [0.15, 0.2) is 0 Å². The second kappa shape index (κ2) is 6.27. The van der Waals surface area contributed by atoms with E-state index in [0.29, 0.717) is 10.6 Å². The van der Waals surface area contributed by atoms with Gasteiger partial charge in [-0.3, -0.25) is 0 Å². The molecule has 0 fully saturated rings. The molecule has 0 aliphatic heterocycles. The van der Waals surface area contributed by atoms with Crippen LogP contribution in [0.1, 0.15) is 16.7 Å². The Hall–Kier alpha value is -1.87. The molecule has 0 amide bonds. The minimum Gasteiger partial charge on any atom is -0.207 e. The second-order valence-corrected chi connectivity index (χ2v) is 6.67. The fourth-order valence-electron chi connectivity index (χ4n) is 1.85. The fraction of sp³-hybridized carbons (Fsp3) is 0.133. The zero-order chi connectivity index (χ0) is 15.5. The maximum atomic E-state index is 12.2. The molecule has 0 heterocycles. The molecule has 0 aromatic heterocycles. The smallest absolute Gasteiger partial charge is 0.207 e. The summed E-state index contributed by atoms with van der Waals surface area (Å²) in [6, 6.07) is 13.1. The largest absolute Gasteiger partial charge is 0.240 e. The molecule has 0 unspecified atom stereocenters. The van der Waals surface area contributed by atoms with Crippen molar-refractivity contribution in [1.29, 1.82) is 5.26 Å². The lowest BCUT2D eigenvalue weighted by Gasteiger charge is -2.10. The molecule has 0 bridgehead atoms. The minimum atomic E-state index is -3.64. The van der Waals surface area contributed by atoms with Gasteiger partial charge < -0.3 is 0 Å².